The molecule has 3 aliphatic rings. The highest BCUT2D eigenvalue weighted by molar-refractivity contribution is 6.00. The maximum Gasteiger partial charge on any atom is 0.305 e. The van der Waals surface area contributed by atoms with E-state index < -0.39 is 169 Å². The molecule has 1 saturated heterocycles. The minimum absolute atomic E-state index is 0.000512. The number of carbonyl (C=O) groups is 13. The van der Waals surface area contributed by atoms with Crippen molar-refractivity contribution in [3.05, 3.63) is 137 Å². The van der Waals surface area contributed by atoms with E-state index >= 15 is 0 Å². The lowest BCUT2D eigenvalue weighted by Gasteiger charge is -2.37. The van der Waals surface area contributed by atoms with Gasteiger partial charge in [-0.15, -0.1) is 0 Å². The molecular formula is C67H78F2N14O15. The number of fused-ring (bicyclic) bond motifs is 36. The third kappa shape index (κ3) is 19.5. The van der Waals surface area contributed by atoms with Crippen LogP contribution in [0.1, 0.15) is 98.3 Å². The Hall–Kier alpha value is -11.3. The second kappa shape index (κ2) is 32.9. The number of aliphatic carboxylic acids is 1. The molecule has 0 spiro atoms. The van der Waals surface area contributed by atoms with Crippen LogP contribution in [0.3, 0.4) is 0 Å². The van der Waals surface area contributed by atoms with Crippen molar-refractivity contribution in [1.82, 2.24) is 68.0 Å². The van der Waals surface area contributed by atoms with Gasteiger partial charge in [-0.1, -0.05) is 37.1 Å². The summed E-state index contributed by atoms with van der Waals surface area (Å²) in [6.07, 6.45) is 2.39. The van der Waals surface area contributed by atoms with Crippen LogP contribution in [0.25, 0.3) is 21.8 Å². The summed E-state index contributed by atoms with van der Waals surface area (Å²) < 4.78 is 29.2. The molecule has 1 fully saturated rings. The van der Waals surface area contributed by atoms with Crippen LogP contribution in [0, 0.1) is 11.6 Å². The molecule has 6 aromatic rings. The van der Waals surface area contributed by atoms with Gasteiger partial charge in [0.2, 0.25) is 65.0 Å². The fourth-order valence-corrected chi connectivity index (χ4v) is 11.8. The van der Waals surface area contributed by atoms with Crippen molar-refractivity contribution in [2.45, 2.75) is 139 Å². The molecule has 0 unspecified atom stereocenters. The number of hydrogen-bond acceptors (Lipinski definition) is 14. The summed E-state index contributed by atoms with van der Waals surface area (Å²) in [4.78, 5) is 186. The first kappa shape index (κ1) is 72.6. The normalized spacial score (nSPS) is 23.2. The van der Waals surface area contributed by atoms with Gasteiger partial charge in [-0.05, 0) is 122 Å². The molecule has 8 atom stereocenters. The number of H-pyrrole nitrogens is 2. The number of hydrogen-bond donors (Lipinski definition) is 15. The van der Waals surface area contributed by atoms with E-state index in [2.05, 4.69) is 63.1 Å². The largest absolute Gasteiger partial charge is 0.508 e. The van der Waals surface area contributed by atoms with Crippen LogP contribution in [0.5, 0.6) is 5.75 Å². The van der Waals surface area contributed by atoms with Crippen molar-refractivity contribution < 1.29 is 81.3 Å². The van der Waals surface area contributed by atoms with Crippen molar-refractivity contribution in [2.24, 2.45) is 5.73 Å². The number of amides is 12. The first-order valence-electron chi connectivity index (χ1n) is 31.8. The lowest BCUT2D eigenvalue weighted by Crippen LogP contribution is -2.62. The van der Waals surface area contributed by atoms with Gasteiger partial charge < -0.3 is 84.0 Å². The van der Waals surface area contributed by atoms with Crippen LogP contribution in [0.4, 0.5) is 8.78 Å². The lowest BCUT2D eigenvalue weighted by atomic mass is 9.94. The van der Waals surface area contributed by atoms with E-state index in [4.69, 9.17) is 5.73 Å². The van der Waals surface area contributed by atoms with E-state index in [9.17, 15) is 81.3 Å². The average molecular weight is 1360 g/mol. The van der Waals surface area contributed by atoms with Gasteiger partial charge in [0.15, 0.2) is 0 Å². The molecular weight excluding hydrogens is 1280 g/mol. The van der Waals surface area contributed by atoms with E-state index in [1.54, 1.807) is 12.1 Å². The number of nitrogens with one attached hydrogen (secondary N) is 12. The standard InChI is InChI=1S/C67H78F2N14O15/c1-35-59(91)74-33-55(86)78-51(27-41-32-72-47-20-16-42(68)28-46(41)47)63(95)80-52(26-40-31-73-49-29-43(69)15-19-45(40)49)64(96)81-53(30-57(88)89)61(93)75-34-56(87)79-54(25-38-11-17-44(85)18-12-38)65(97)83-23-7-21-67(83,3)66(98)82-50(58(70)90)24-37-9-13-39(14-10-37)60(92)71-22-6-4-5-8-48(62(94)76-35)77-36(2)84/h9-20,28-29,31-32,35,48,50-54,72-73,85H,4-8,21-27,30,33-34H2,1-3H3,(H2,70,90)(H,71,92)(H,74,91)(H,75,93)(H,76,94)(H,77,84)(H,78,86)(H,79,87)(H,80,95)(H,81,96)(H,82,98)(H,88,89)/t35-,48-,50-,51-,52-,53-,54-,67-/m0/s1. The molecule has 2 bridgehead atoms. The summed E-state index contributed by atoms with van der Waals surface area (Å²) in [5, 5.41) is 46.1. The molecule has 31 heteroatoms. The Labute approximate surface area is 559 Å². The van der Waals surface area contributed by atoms with Crippen LogP contribution in [0.15, 0.2) is 97.3 Å². The second-order valence-electron chi connectivity index (χ2n) is 24.5. The molecule has 4 aromatic carbocycles. The Bertz CT molecular complexity index is 4010. The number of aromatic hydroxyl groups is 1. The monoisotopic (exact) mass is 1360 g/mol. The number of benzene rings is 4. The predicted octanol–water partition coefficient (Wildman–Crippen LogP) is 0.214. The maximum absolute atomic E-state index is 14.8. The van der Waals surface area contributed by atoms with Crippen molar-refractivity contribution in [3.63, 3.8) is 0 Å². The number of phenols is 1. The van der Waals surface area contributed by atoms with Gasteiger partial charge in [0.25, 0.3) is 5.91 Å². The van der Waals surface area contributed by atoms with E-state index in [0.29, 0.717) is 58.7 Å². The molecule has 5 heterocycles. The zero-order chi connectivity index (χ0) is 71.0. The van der Waals surface area contributed by atoms with Crippen LogP contribution in [-0.2, 0) is 83.2 Å². The quantitative estimate of drug-likeness (QED) is 0.0816. The molecule has 2 aromatic heterocycles. The number of aromatic nitrogens is 2. The molecule has 16 N–H and O–H groups in total. The number of nitrogens with zero attached hydrogens (tertiary/aromatic N) is 1. The Kier molecular flexibility index (Phi) is 24.4. The number of rotatable bonds is 10. The van der Waals surface area contributed by atoms with Crippen LogP contribution in [-0.4, -0.2) is 176 Å². The third-order valence-electron chi connectivity index (χ3n) is 17.1. The molecule has 98 heavy (non-hydrogen) atoms. The Morgan fingerprint density at radius 3 is 1.91 bits per heavy atom. The fraction of sp³-hybridized carbons (Fsp3) is 0.388. The van der Waals surface area contributed by atoms with E-state index in [1.165, 1.54) is 98.7 Å². The van der Waals surface area contributed by atoms with Gasteiger partial charge in [0.05, 0.1) is 19.5 Å². The Morgan fingerprint density at radius 1 is 0.633 bits per heavy atom. The number of aromatic amines is 2. The molecule has 29 nitrogen and oxygen atoms in total. The summed E-state index contributed by atoms with van der Waals surface area (Å²) in [6.45, 7) is 2.48. The van der Waals surface area contributed by atoms with Gasteiger partial charge in [0, 0.05) is 85.5 Å². The number of primary amides is 1. The molecule has 3 aliphatic heterocycles. The topological polar surface area (TPSA) is 444 Å². The number of phenolic OH excluding ortho intramolecular Hbond substituents is 1. The number of carboxylic acids is 1. The predicted molar refractivity (Wildman–Crippen MR) is 348 cm³/mol. The first-order valence-corrected chi connectivity index (χ1v) is 31.8. The van der Waals surface area contributed by atoms with E-state index in [1.807, 2.05) is 0 Å². The summed E-state index contributed by atoms with van der Waals surface area (Å²) in [7, 11) is 0. The second-order valence-corrected chi connectivity index (χ2v) is 24.5. The maximum atomic E-state index is 14.8. The Balaban J connectivity index is 1.09. The van der Waals surface area contributed by atoms with E-state index in [0.717, 1.165) is 12.1 Å². The van der Waals surface area contributed by atoms with Crippen LogP contribution < -0.4 is 58.9 Å². The Morgan fingerprint density at radius 2 is 1.24 bits per heavy atom. The molecule has 0 radical (unpaired) electrons. The molecule has 9 rings (SSSR count). The highest BCUT2D eigenvalue weighted by Crippen LogP contribution is 2.31. The molecule has 520 valence electrons. The number of carboxylic acid groups (broad SMARTS) is 1. The average Bonchev–Trinajstić information content (AvgIpc) is 1.57. The number of halogens is 2. The molecule has 0 saturated carbocycles. The minimum atomic E-state index is -1.99. The van der Waals surface area contributed by atoms with Crippen molar-refractivity contribution in [2.75, 3.05) is 26.2 Å². The smallest absolute Gasteiger partial charge is 0.305 e. The number of carbonyl (C=O) groups excluding carboxylic acids is 12. The summed E-state index contributed by atoms with van der Waals surface area (Å²) in [5.74, 6) is -13.5. The third-order valence-corrected chi connectivity index (χ3v) is 17.1. The van der Waals surface area contributed by atoms with Crippen molar-refractivity contribution in [3.8, 4) is 5.75 Å². The summed E-state index contributed by atoms with van der Waals surface area (Å²) >= 11 is 0. The summed E-state index contributed by atoms with van der Waals surface area (Å²) in [6, 6.07) is 8.68. The lowest BCUT2D eigenvalue weighted by molar-refractivity contribution is -0.147. The van der Waals surface area contributed by atoms with Crippen LogP contribution in [0.2, 0.25) is 0 Å². The highest BCUT2D eigenvalue weighted by atomic mass is 19.1. The van der Waals surface area contributed by atoms with Crippen molar-refractivity contribution in [1.29, 1.82) is 0 Å². The van der Waals surface area contributed by atoms with E-state index in [-0.39, 0.29) is 61.2 Å². The SMILES string of the molecule is CC(=O)N[C@H]1CCCCCNC(=O)c2ccc(cc2)C[C@@H](C(N)=O)NC(=O)[C@]2(C)CCCN2C(=O)[C@H](Cc2ccc(O)cc2)NC(=O)CNC(=O)[C@H](CC(=O)O)NC(=O)[C@H](Cc2c[nH]c3cc(F)ccc23)NC(=O)[C@H](Cc2c[nH]c3ccc(F)cc23)NC(=O)CNC(=O)[C@H](C)NC1=O. The van der Waals surface area contributed by atoms with Gasteiger partial charge in [0.1, 0.15) is 65.2 Å². The fourth-order valence-electron chi connectivity index (χ4n) is 11.8. The zero-order valence-corrected chi connectivity index (χ0v) is 53.9. The number of nitrogens with two attached hydrogens (primary N) is 1. The highest BCUT2D eigenvalue weighted by Gasteiger charge is 2.48. The summed E-state index contributed by atoms with van der Waals surface area (Å²) in [5.41, 5.74) is 6.67. The zero-order valence-electron chi connectivity index (χ0n) is 53.9. The molecule has 12 amide bonds. The van der Waals surface area contributed by atoms with Gasteiger partial charge in [-0.25, -0.2) is 8.78 Å². The van der Waals surface area contributed by atoms with Gasteiger partial charge in [-0.2, -0.15) is 0 Å². The first-order chi connectivity index (χ1) is 46.6. The molecule has 0 aliphatic carbocycles. The minimum Gasteiger partial charge on any atom is -0.508 e. The van der Waals surface area contributed by atoms with Crippen LogP contribution >= 0.6 is 0 Å². The van der Waals surface area contributed by atoms with Gasteiger partial charge in [-0.3, -0.25) is 62.3 Å². The van der Waals surface area contributed by atoms with Crippen molar-refractivity contribution >= 4 is 98.7 Å². The van der Waals surface area contributed by atoms with Gasteiger partial charge >= 0.3 is 5.97 Å².